The molecule has 0 aliphatic rings. The zero-order valence-electron chi connectivity index (χ0n) is 11.2. The van der Waals surface area contributed by atoms with Crippen LogP contribution in [0.4, 0.5) is 0 Å². The molecule has 1 atom stereocenters. The van der Waals surface area contributed by atoms with Crippen LogP contribution in [0.15, 0.2) is 53.4 Å². The highest BCUT2D eigenvalue weighted by atomic mass is 35.5. The van der Waals surface area contributed by atoms with Crippen molar-refractivity contribution in [2.45, 2.75) is 11.0 Å². The fourth-order valence-electron chi connectivity index (χ4n) is 1.59. The van der Waals surface area contributed by atoms with Crippen molar-refractivity contribution < 1.29 is 9.84 Å². The summed E-state index contributed by atoms with van der Waals surface area (Å²) in [5.41, 5.74) is 0.584. The van der Waals surface area contributed by atoms with E-state index in [0.717, 1.165) is 4.90 Å². The lowest BCUT2D eigenvalue weighted by Gasteiger charge is -2.12. The number of aliphatic hydroxyl groups is 1. The van der Waals surface area contributed by atoms with Gasteiger partial charge in [0.1, 0.15) is 12.4 Å². The highest BCUT2D eigenvalue weighted by Gasteiger charge is 2.06. The number of nitriles is 1. The molecule has 0 amide bonds. The van der Waals surface area contributed by atoms with E-state index in [1.807, 2.05) is 30.3 Å². The average Bonchev–Trinajstić information content (AvgIpc) is 2.53. The molecule has 108 valence electrons. The zero-order valence-corrected chi connectivity index (χ0v) is 12.8. The maximum Gasteiger partial charge on any atom is 0.119 e. The maximum atomic E-state index is 9.90. The molecule has 0 spiro atoms. The summed E-state index contributed by atoms with van der Waals surface area (Å²) in [5.74, 6) is 1.18. The second kappa shape index (κ2) is 7.94. The Bertz CT molecular complexity index is 608. The van der Waals surface area contributed by atoms with Gasteiger partial charge in [-0.05, 0) is 48.5 Å². The third kappa shape index (κ3) is 5.31. The lowest BCUT2D eigenvalue weighted by atomic mass is 10.2. The fraction of sp³-hybridized carbons (Fsp3) is 0.188. The van der Waals surface area contributed by atoms with E-state index in [9.17, 15) is 5.11 Å². The molecule has 0 aromatic heterocycles. The van der Waals surface area contributed by atoms with Gasteiger partial charge in [-0.2, -0.15) is 5.26 Å². The number of hydrogen-bond acceptors (Lipinski definition) is 4. The van der Waals surface area contributed by atoms with Crippen LogP contribution in [-0.2, 0) is 0 Å². The Morgan fingerprint density at radius 3 is 2.43 bits per heavy atom. The third-order valence-electron chi connectivity index (χ3n) is 2.68. The minimum absolute atomic E-state index is 0.215. The molecule has 0 saturated carbocycles. The predicted octanol–water partition coefficient (Wildman–Crippen LogP) is 3.74. The summed E-state index contributed by atoms with van der Waals surface area (Å²) >= 11 is 7.36. The van der Waals surface area contributed by atoms with E-state index in [4.69, 9.17) is 21.6 Å². The van der Waals surface area contributed by atoms with Crippen molar-refractivity contribution in [1.29, 1.82) is 5.26 Å². The number of rotatable bonds is 6. The Kier molecular flexibility index (Phi) is 5.94. The van der Waals surface area contributed by atoms with Crippen molar-refractivity contribution in [3.63, 3.8) is 0 Å². The van der Waals surface area contributed by atoms with E-state index in [1.54, 1.807) is 36.0 Å². The van der Waals surface area contributed by atoms with Crippen LogP contribution in [0.1, 0.15) is 5.56 Å². The van der Waals surface area contributed by atoms with Gasteiger partial charge in [-0.15, -0.1) is 11.8 Å². The van der Waals surface area contributed by atoms with Gasteiger partial charge in [-0.3, -0.25) is 0 Å². The molecule has 0 fully saturated rings. The number of ether oxygens (including phenoxy) is 1. The van der Waals surface area contributed by atoms with E-state index in [-0.39, 0.29) is 6.61 Å². The normalized spacial score (nSPS) is 11.7. The summed E-state index contributed by atoms with van der Waals surface area (Å²) in [7, 11) is 0. The highest BCUT2D eigenvalue weighted by Crippen LogP contribution is 2.21. The van der Waals surface area contributed by atoms with Crippen LogP contribution in [0, 0.1) is 11.3 Å². The molecule has 0 aliphatic carbocycles. The highest BCUT2D eigenvalue weighted by molar-refractivity contribution is 7.99. The molecule has 3 nitrogen and oxygen atoms in total. The van der Waals surface area contributed by atoms with Gasteiger partial charge >= 0.3 is 0 Å². The van der Waals surface area contributed by atoms with Crippen molar-refractivity contribution in [3.05, 3.63) is 59.1 Å². The van der Waals surface area contributed by atoms with Crippen molar-refractivity contribution in [2.24, 2.45) is 0 Å². The predicted molar refractivity (Wildman–Crippen MR) is 84.8 cm³/mol. The molecule has 0 bridgehead atoms. The van der Waals surface area contributed by atoms with Crippen molar-refractivity contribution in [3.8, 4) is 11.8 Å². The van der Waals surface area contributed by atoms with Crippen LogP contribution >= 0.6 is 23.4 Å². The maximum absolute atomic E-state index is 9.90. The SMILES string of the molecule is N#Cc1ccc(OCC(O)CSc2ccc(Cl)cc2)cc1. The summed E-state index contributed by atoms with van der Waals surface area (Å²) in [4.78, 5) is 1.05. The van der Waals surface area contributed by atoms with Gasteiger partial charge in [0.15, 0.2) is 0 Å². The summed E-state index contributed by atoms with van der Waals surface area (Å²) in [6, 6.07) is 16.3. The molecule has 0 radical (unpaired) electrons. The molecular weight excluding hydrogens is 306 g/mol. The standard InChI is InChI=1S/C16H14ClNO2S/c17-13-3-7-16(8-4-13)21-11-14(19)10-20-15-5-1-12(9-18)2-6-15/h1-8,14,19H,10-11H2. The Morgan fingerprint density at radius 1 is 1.14 bits per heavy atom. The molecule has 5 heteroatoms. The Morgan fingerprint density at radius 2 is 1.81 bits per heavy atom. The number of aliphatic hydroxyl groups excluding tert-OH is 1. The zero-order chi connectivity index (χ0) is 15.1. The van der Waals surface area contributed by atoms with Crippen LogP contribution in [0.5, 0.6) is 5.75 Å². The largest absolute Gasteiger partial charge is 0.491 e. The summed E-state index contributed by atoms with van der Waals surface area (Å²) in [6.45, 7) is 0.215. The Hall–Kier alpha value is -1.67. The number of halogens is 1. The Labute approximate surface area is 133 Å². The number of thioether (sulfide) groups is 1. The van der Waals surface area contributed by atoms with E-state index < -0.39 is 6.10 Å². The number of benzene rings is 2. The first-order chi connectivity index (χ1) is 10.2. The lowest BCUT2D eigenvalue weighted by Crippen LogP contribution is -2.20. The van der Waals surface area contributed by atoms with Crippen LogP contribution in [0.2, 0.25) is 5.02 Å². The van der Waals surface area contributed by atoms with Crippen LogP contribution in [0.25, 0.3) is 0 Å². The van der Waals surface area contributed by atoms with Gasteiger partial charge in [-0.25, -0.2) is 0 Å². The first-order valence-electron chi connectivity index (χ1n) is 6.37. The molecule has 2 rings (SSSR count). The van der Waals surface area contributed by atoms with Gasteiger partial charge in [-0.1, -0.05) is 11.6 Å². The van der Waals surface area contributed by atoms with Crippen molar-refractivity contribution in [1.82, 2.24) is 0 Å². The van der Waals surface area contributed by atoms with Crippen molar-refractivity contribution >= 4 is 23.4 Å². The quantitative estimate of drug-likeness (QED) is 0.824. The van der Waals surface area contributed by atoms with Gasteiger partial charge in [0, 0.05) is 15.7 Å². The van der Waals surface area contributed by atoms with E-state index in [2.05, 4.69) is 0 Å². The molecule has 0 saturated heterocycles. The lowest BCUT2D eigenvalue weighted by molar-refractivity contribution is 0.126. The van der Waals surface area contributed by atoms with Gasteiger partial charge in [0.2, 0.25) is 0 Å². The smallest absolute Gasteiger partial charge is 0.119 e. The first kappa shape index (κ1) is 15.7. The molecular formula is C16H14ClNO2S. The monoisotopic (exact) mass is 319 g/mol. The summed E-state index contributed by atoms with van der Waals surface area (Å²) < 4.78 is 5.48. The average molecular weight is 320 g/mol. The third-order valence-corrected chi connectivity index (χ3v) is 4.09. The second-order valence-electron chi connectivity index (χ2n) is 4.37. The number of nitrogens with zero attached hydrogens (tertiary/aromatic N) is 1. The van der Waals surface area contributed by atoms with E-state index in [0.29, 0.717) is 22.1 Å². The molecule has 0 heterocycles. The number of hydrogen-bond donors (Lipinski definition) is 1. The molecule has 2 aromatic rings. The first-order valence-corrected chi connectivity index (χ1v) is 7.73. The molecule has 0 aliphatic heterocycles. The van der Waals surface area contributed by atoms with Gasteiger partial charge in [0.25, 0.3) is 0 Å². The summed E-state index contributed by atoms with van der Waals surface area (Å²) in [5, 5.41) is 19.3. The molecule has 1 N–H and O–H groups in total. The van der Waals surface area contributed by atoms with Crippen LogP contribution in [0.3, 0.4) is 0 Å². The van der Waals surface area contributed by atoms with E-state index in [1.165, 1.54) is 0 Å². The van der Waals surface area contributed by atoms with E-state index >= 15 is 0 Å². The molecule has 1 unspecified atom stereocenters. The van der Waals surface area contributed by atoms with Crippen LogP contribution in [-0.4, -0.2) is 23.6 Å². The minimum atomic E-state index is -0.568. The fourth-order valence-corrected chi connectivity index (χ4v) is 2.53. The van der Waals surface area contributed by atoms with Crippen molar-refractivity contribution in [2.75, 3.05) is 12.4 Å². The second-order valence-corrected chi connectivity index (χ2v) is 5.90. The minimum Gasteiger partial charge on any atom is -0.491 e. The molecule has 2 aromatic carbocycles. The van der Waals surface area contributed by atoms with Gasteiger partial charge < -0.3 is 9.84 Å². The molecule has 21 heavy (non-hydrogen) atoms. The topological polar surface area (TPSA) is 53.2 Å². The van der Waals surface area contributed by atoms with Gasteiger partial charge in [0.05, 0.1) is 17.7 Å². The van der Waals surface area contributed by atoms with Crippen LogP contribution < -0.4 is 4.74 Å². The Balaban J connectivity index is 1.75. The summed E-state index contributed by atoms with van der Waals surface area (Å²) in [6.07, 6.45) is -0.568.